The Bertz CT molecular complexity index is 195. The molecule has 0 aromatic carbocycles. The van der Waals surface area contributed by atoms with Gasteiger partial charge in [-0.2, -0.15) is 0 Å². The van der Waals surface area contributed by atoms with Gasteiger partial charge in [-0.05, 0) is 13.8 Å². The van der Waals surface area contributed by atoms with Gasteiger partial charge in [-0.3, -0.25) is 0 Å². The second-order valence-corrected chi connectivity index (χ2v) is 3.51. The van der Waals surface area contributed by atoms with Gasteiger partial charge in [0.05, 0.1) is 0 Å². The molecule has 0 fully saturated rings. The van der Waals surface area contributed by atoms with Crippen LogP contribution in [-0.4, -0.2) is 35.2 Å². The van der Waals surface area contributed by atoms with Gasteiger partial charge in [-0.25, -0.2) is 4.79 Å². The molecule has 0 saturated carbocycles. The standard InChI is InChI=1S/C8H17N2O2S/c1-6(2)10(13)7(3)8(11)12-5-4-9/h6-7H,4-5,9H2,1-3H3/q+1/t7-/m0/s1. The third-order valence-corrected chi connectivity index (χ3v) is 2.33. The average Bonchev–Trinajstić information content (AvgIpc) is 2.11. The second kappa shape index (κ2) is 5.99. The lowest BCUT2D eigenvalue weighted by Gasteiger charge is -2.09. The van der Waals surface area contributed by atoms with Crippen molar-refractivity contribution in [2.45, 2.75) is 32.9 Å². The Kier molecular flexibility index (Phi) is 5.73. The fourth-order valence-corrected chi connectivity index (χ4v) is 0.917. The number of nitrogens with two attached hydrogens (primary N) is 1. The van der Waals surface area contributed by atoms with E-state index in [2.05, 4.69) is 0 Å². The van der Waals surface area contributed by atoms with Gasteiger partial charge in [0.2, 0.25) is 0 Å². The van der Waals surface area contributed by atoms with Crippen LogP contribution in [0.2, 0.25) is 0 Å². The molecule has 0 spiro atoms. The van der Waals surface area contributed by atoms with E-state index in [0.29, 0.717) is 6.54 Å². The Labute approximate surface area is 84.2 Å². The van der Waals surface area contributed by atoms with Crippen molar-refractivity contribution in [2.24, 2.45) is 5.73 Å². The average molecular weight is 205 g/mol. The number of hydrogen-bond donors (Lipinski definition) is 1. The predicted octanol–water partition coefficient (Wildman–Crippen LogP) is 0.0282. The Balaban J connectivity index is 4.02. The molecule has 0 amide bonds. The van der Waals surface area contributed by atoms with Crippen molar-refractivity contribution in [1.82, 2.24) is 0 Å². The maximum Gasteiger partial charge on any atom is 0.376 e. The number of nitrogens with zero attached hydrogens (tertiary/aromatic N) is 1. The van der Waals surface area contributed by atoms with Gasteiger partial charge >= 0.3 is 5.97 Å². The molecule has 13 heavy (non-hydrogen) atoms. The fourth-order valence-electron chi connectivity index (χ4n) is 0.831. The molecule has 0 rings (SSSR count). The summed E-state index contributed by atoms with van der Waals surface area (Å²) in [5, 5.41) is 0. The third-order valence-electron chi connectivity index (χ3n) is 1.59. The maximum atomic E-state index is 11.3. The zero-order valence-electron chi connectivity index (χ0n) is 8.32. The smallest absolute Gasteiger partial charge is 0.376 e. The first-order valence-electron chi connectivity index (χ1n) is 4.32. The van der Waals surface area contributed by atoms with Crippen molar-refractivity contribution >= 4 is 18.4 Å². The summed E-state index contributed by atoms with van der Waals surface area (Å²) in [5.41, 5.74) is 5.20. The van der Waals surface area contributed by atoms with E-state index in [0.717, 1.165) is 0 Å². The van der Waals surface area contributed by atoms with E-state index >= 15 is 0 Å². The molecule has 0 aliphatic carbocycles. The molecule has 1 atom stereocenters. The summed E-state index contributed by atoms with van der Waals surface area (Å²) in [4.78, 5) is 11.3. The van der Waals surface area contributed by atoms with Crippen LogP contribution in [0.4, 0.5) is 0 Å². The Morgan fingerprint density at radius 2 is 2.08 bits per heavy atom. The zero-order chi connectivity index (χ0) is 10.4. The molecule has 0 heterocycles. The molecule has 2 N–H and O–H groups in total. The van der Waals surface area contributed by atoms with Crippen molar-refractivity contribution in [3.05, 3.63) is 0 Å². The number of rotatable bonds is 5. The van der Waals surface area contributed by atoms with Gasteiger partial charge in [0.1, 0.15) is 6.61 Å². The molecule has 0 aliphatic heterocycles. The molecular weight excluding hydrogens is 188 g/mol. The first kappa shape index (κ1) is 12.4. The van der Waals surface area contributed by atoms with Crippen LogP contribution in [-0.2, 0) is 22.0 Å². The van der Waals surface area contributed by atoms with Gasteiger partial charge in [0, 0.05) is 13.5 Å². The fraction of sp³-hybridized carbons (Fsp3) is 0.875. The van der Waals surface area contributed by atoms with Crippen LogP contribution in [0.15, 0.2) is 0 Å². The summed E-state index contributed by atoms with van der Waals surface area (Å²) in [5.74, 6) is -0.311. The lowest BCUT2D eigenvalue weighted by atomic mass is 10.3. The Morgan fingerprint density at radius 1 is 1.54 bits per heavy atom. The highest BCUT2D eigenvalue weighted by molar-refractivity contribution is 7.44. The maximum absolute atomic E-state index is 11.3. The monoisotopic (exact) mass is 205 g/mol. The normalized spacial score (nSPS) is 12.7. The molecular formula is C8H17N2O2S+. The van der Waals surface area contributed by atoms with Gasteiger partial charge in [-0.1, -0.05) is 0 Å². The van der Waals surface area contributed by atoms with Gasteiger partial charge in [0.15, 0.2) is 6.04 Å². The van der Waals surface area contributed by atoms with E-state index in [1.54, 1.807) is 10.9 Å². The van der Waals surface area contributed by atoms with Crippen molar-refractivity contribution in [3.63, 3.8) is 0 Å². The van der Waals surface area contributed by atoms with E-state index in [9.17, 15) is 4.79 Å². The third kappa shape index (κ3) is 4.28. The number of ether oxygens (including phenoxy) is 1. The van der Waals surface area contributed by atoms with Crippen molar-refractivity contribution in [1.29, 1.82) is 0 Å². The van der Waals surface area contributed by atoms with Crippen LogP contribution >= 0.6 is 0 Å². The lowest BCUT2D eigenvalue weighted by molar-refractivity contribution is -0.553. The number of carbonyl (C=O) groups is 1. The Hall–Kier alpha value is -0.550. The lowest BCUT2D eigenvalue weighted by Crippen LogP contribution is -2.36. The van der Waals surface area contributed by atoms with Gasteiger partial charge < -0.3 is 10.5 Å². The van der Waals surface area contributed by atoms with Gasteiger partial charge in [0.25, 0.3) is 18.5 Å². The molecule has 0 aliphatic rings. The molecule has 0 aromatic heterocycles. The summed E-state index contributed by atoms with van der Waals surface area (Å²) < 4.78 is 6.39. The SMILES string of the molecule is CC(C)[N+](=S)[C@@H](C)C(=O)OCCN. The first-order chi connectivity index (χ1) is 6.00. The van der Waals surface area contributed by atoms with E-state index in [1.165, 1.54) is 0 Å². The second-order valence-electron chi connectivity index (χ2n) is 3.09. The molecule has 76 valence electrons. The molecule has 5 heteroatoms. The summed E-state index contributed by atoms with van der Waals surface area (Å²) in [6.45, 7) is 6.19. The summed E-state index contributed by atoms with van der Waals surface area (Å²) in [6.07, 6.45) is 0. The van der Waals surface area contributed by atoms with Crippen LogP contribution in [0, 0.1) is 0 Å². The Morgan fingerprint density at radius 3 is 2.46 bits per heavy atom. The van der Waals surface area contributed by atoms with Crippen molar-refractivity contribution in [2.75, 3.05) is 13.2 Å². The zero-order valence-corrected chi connectivity index (χ0v) is 9.13. The van der Waals surface area contributed by atoms with Crippen LogP contribution < -0.4 is 5.73 Å². The number of hydrogen-bond acceptors (Lipinski definition) is 4. The first-order valence-corrected chi connectivity index (χ1v) is 4.69. The molecule has 0 radical (unpaired) electrons. The summed E-state index contributed by atoms with van der Waals surface area (Å²) in [6, 6.07) is -0.239. The number of carbonyl (C=O) groups excluding carboxylic acids is 1. The van der Waals surface area contributed by atoms with Crippen LogP contribution in [0.3, 0.4) is 0 Å². The predicted molar refractivity (Wildman–Crippen MR) is 52.2 cm³/mol. The van der Waals surface area contributed by atoms with E-state index < -0.39 is 0 Å². The van der Waals surface area contributed by atoms with Crippen LogP contribution in [0.1, 0.15) is 20.8 Å². The number of esters is 1. The minimum Gasteiger partial charge on any atom is -0.459 e. The molecule has 4 nitrogen and oxygen atoms in total. The molecule has 0 saturated heterocycles. The van der Waals surface area contributed by atoms with Crippen LogP contribution in [0.25, 0.3) is 0 Å². The minimum absolute atomic E-state index is 0.149. The quantitative estimate of drug-likeness (QED) is 0.508. The van der Waals surface area contributed by atoms with Crippen molar-refractivity contribution < 1.29 is 13.5 Å². The minimum atomic E-state index is -0.387. The highest BCUT2D eigenvalue weighted by Gasteiger charge is 2.27. The van der Waals surface area contributed by atoms with Crippen LogP contribution in [0.5, 0.6) is 0 Å². The highest BCUT2D eigenvalue weighted by atomic mass is 32.1. The summed E-state index contributed by atoms with van der Waals surface area (Å²) in [7, 11) is 0. The van der Waals surface area contributed by atoms with Crippen molar-refractivity contribution in [3.8, 4) is 0 Å². The highest BCUT2D eigenvalue weighted by Crippen LogP contribution is 1.98. The van der Waals surface area contributed by atoms with Gasteiger partial charge in [-0.15, -0.1) is 3.95 Å². The molecule has 0 unspecified atom stereocenters. The molecule has 0 bridgehead atoms. The summed E-state index contributed by atoms with van der Waals surface area (Å²) >= 11 is 5.01. The molecule has 0 aromatic rings. The van der Waals surface area contributed by atoms with E-state index in [-0.39, 0.29) is 24.7 Å². The van der Waals surface area contributed by atoms with E-state index in [1.807, 2.05) is 13.8 Å². The largest absolute Gasteiger partial charge is 0.459 e. The topological polar surface area (TPSA) is 55.3 Å². The van der Waals surface area contributed by atoms with E-state index in [4.69, 9.17) is 22.9 Å².